The molecule has 0 aliphatic rings. The monoisotopic (exact) mass is 298 g/mol. The Hall–Kier alpha value is -0.690. The second kappa shape index (κ2) is 5.52. The fourth-order valence-electron chi connectivity index (χ4n) is 2.00. The highest BCUT2D eigenvalue weighted by atomic mass is 35.5. The molecular formula is C15H13Cl3. The Balaban J connectivity index is 2.70. The van der Waals surface area contributed by atoms with E-state index in [0.29, 0.717) is 21.0 Å². The molecule has 0 aliphatic carbocycles. The van der Waals surface area contributed by atoms with Crippen molar-refractivity contribution in [1.82, 2.24) is 0 Å². The van der Waals surface area contributed by atoms with Gasteiger partial charge < -0.3 is 0 Å². The molecule has 0 heterocycles. The van der Waals surface area contributed by atoms with Crippen LogP contribution < -0.4 is 0 Å². The minimum atomic E-state index is 0.380. The molecule has 0 radical (unpaired) electrons. The molecule has 0 bridgehead atoms. The van der Waals surface area contributed by atoms with Crippen LogP contribution in [0.2, 0.25) is 15.1 Å². The largest absolute Gasteiger partial charge is 0.0843 e. The van der Waals surface area contributed by atoms with Crippen LogP contribution in [0.1, 0.15) is 25.3 Å². The number of hydrogen-bond donors (Lipinski definition) is 0. The van der Waals surface area contributed by atoms with E-state index in [1.54, 1.807) is 6.07 Å². The molecular weight excluding hydrogens is 287 g/mol. The van der Waals surface area contributed by atoms with Crippen molar-refractivity contribution in [1.29, 1.82) is 0 Å². The second-order valence-electron chi connectivity index (χ2n) is 4.48. The summed E-state index contributed by atoms with van der Waals surface area (Å²) in [5.74, 6) is 0.380. The van der Waals surface area contributed by atoms with Gasteiger partial charge in [0.2, 0.25) is 0 Å². The third-order valence-electron chi connectivity index (χ3n) is 2.87. The van der Waals surface area contributed by atoms with Crippen LogP contribution in [0, 0.1) is 0 Å². The average Bonchev–Trinajstić information content (AvgIpc) is 2.29. The van der Waals surface area contributed by atoms with Crippen LogP contribution in [0.5, 0.6) is 0 Å². The molecule has 0 spiro atoms. The first-order valence-corrected chi connectivity index (χ1v) is 6.88. The van der Waals surface area contributed by atoms with Gasteiger partial charge in [-0.05, 0) is 29.7 Å². The molecule has 0 atom stereocenters. The molecule has 0 fully saturated rings. The lowest BCUT2D eigenvalue weighted by Crippen LogP contribution is -1.93. The number of hydrogen-bond acceptors (Lipinski definition) is 0. The van der Waals surface area contributed by atoms with E-state index in [4.69, 9.17) is 34.8 Å². The van der Waals surface area contributed by atoms with Gasteiger partial charge >= 0.3 is 0 Å². The quantitative estimate of drug-likeness (QED) is 0.599. The lowest BCUT2D eigenvalue weighted by molar-refractivity contribution is 0.869. The summed E-state index contributed by atoms with van der Waals surface area (Å²) in [6.45, 7) is 4.28. The van der Waals surface area contributed by atoms with E-state index in [9.17, 15) is 0 Å². The van der Waals surface area contributed by atoms with Crippen LogP contribution in [0.4, 0.5) is 0 Å². The van der Waals surface area contributed by atoms with Crippen molar-refractivity contribution in [3.63, 3.8) is 0 Å². The molecule has 3 heteroatoms. The normalized spacial score (nSPS) is 11.0. The first-order chi connectivity index (χ1) is 8.50. The van der Waals surface area contributed by atoms with Gasteiger partial charge in [0.05, 0.1) is 0 Å². The average molecular weight is 300 g/mol. The SMILES string of the molecule is CC(C)c1cccc(Cl)c1-c1ccc(Cl)cc1Cl. The van der Waals surface area contributed by atoms with Gasteiger partial charge in [-0.1, -0.05) is 66.8 Å². The summed E-state index contributed by atoms with van der Waals surface area (Å²) in [5, 5.41) is 1.96. The zero-order valence-electron chi connectivity index (χ0n) is 10.2. The van der Waals surface area contributed by atoms with Crippen molar-refractivity contribution in [3.8, 4) is 11.1 Å². The summed E-state index contributed by atoms with van der Waals surface area (Å²) in [7, 11) is 0. The smallest absolute Gasteiger partial charge is 0.0499 e. The lowest BCUT2D eigenvalue weighted by atomic mass is 9.92. The van der Waals surface area contributed by atoms with Gasteiger partial charge in [-0.15, -0.1) is 0 Å². The van der Waals surface area contributed by atoms with Gasteiger partial charge in [0.1, 0.15) is 0 Å². The minimum absolute atomic E-state index is 0.380. The highest BCUT2D eigenvalue weighted by Gasteiger charge is 2.14. The minimum Gasteiger partial charge on any atom is -0.0843 e. The summed E-state index contributed by atoms with van der Waals surface area (Å²) in [6, 6.07) is 11.4. The van der Waals surface area contributed by atoms with Crippen LogP contribution >= 0.6 is 34.8 Å². The van der Waals surface area contributed by atoms with Crippen molar-refractivity contribution >= 4 is 34.8 Å². The number of rotatable bonds is 2. The molecule has 0 saturated heterocycles. The van der Waals surface area contributed by atoms with Gasteiger partial charge in [-0.2, -0.15) is 0 Å². The highest BCUT2D eigenvalue weighted by Crippen LogP contribution is 2.39. The summed E-state index contributed by atoms with van der Waals surface area (Å²) in [6.07, 6.45) is 0. The maximum atomic E-state index is 6.33. The summed E-state index contributed by atoms with van der Waals surface area (Å²) in [4.78, 5) is 0. The van der Waals surface area contributed by atoms with E-state index in [1.807, 2.05) is 24.3 Å². The van der Waals surface area contributed by atoms with Crippen LogP contribution in [-0.4, -0.2) is 0 Å². The zero-order chi connectivity index (χ0) is 13.3. The molecule has 18 heavy (non-hydrogen) atoms. The third-order valence-corrected chi connectivity index (χ3v) is 3.73. The topological polar surface area (TPSA) is 0 Å². The van der Waals surface area contributed by atoms with Crippen molar-refractivity contribution in [2.45, 2.75) is 19.8 Å². The Kier molecular flexibility index (Phi) is 4.21. The van der Waals surface area contributed by atoms with E-state index in [2.05, 4.69) is 19.9 Å². The highest BCUT2D eigenvalue weighted by molar-refractivity contribution is 6.38. The summed E-state index contributed by atoms with van der Waals surface area (Å²) >= 11 is 18.5. The van der Waals surface area contributed by atoms with Gasteiger partial charge in [0.25, 0.3) is 0 Å². The Morgan fingerprint density at radius 2 is 1.61 bits per heavy atom. The Morgan fingerprint density at radius 3 is 2.22 bits per heavy atom. The molecule has 0 saturated carbocycles. The molecule has 2 aromatic carbocycles. The second-order valence-corrected chi connectivity index (χ2v) is 5.73. The summed E-state index contributed by atoms with van der Waals surface area (Å²) in [5.41, 5.74) is 3.11. The predicted molar refractivity (Wildman–Crippen MR) is 81.0 cm³/mol. The molecule has 94 valence electrons. The molecule has 0 N–H and O–H groups in total. The van der Waals surface area contributed by atoms with Crippen LogP contribution in [0.3, 0.4) is 0 Å². The summed E-state index contributed by atoms with van der Waals surface area (Å²) < 4.78 is 0. The molecule has 0 unspecified atom stereocenters. The van der Waals surface area contributed by atoms with E-state index in [0.717, 1.165) is 11.1 Å². The molecule has 0 aliphatic heterocycles. The molecule has 2 aromatic rings. The first-order valence-electron chi connectivity index (χ1n) is 5.74. The van der Waals surface area contributed by atoms with Gasteiger partial charge in [-0.3, -0.25) is 0 Å². The van der Waals surface area contributed by atoms with Gasteiger partial charge in [0, 0.05) is 26.2 Å². The Bertz CT molecular complexity index is 574. The molecule has 0 nitrogen and oxygen atoms in total. The maximum absolute atomic E-state index is 6.33. The molecule has 0 aromatic heterocycles. The Morgan fingerprint density at radius 1 is 0.889 bits per heavy atom. The zero-order valence-corrected chi connectivity index (χ0v) is 12.4. The van der Waals surface area contributed by atoms with Crippen LogP contribution in [0.15, 0.2) is 36.4 Å². The third kappa shape index (κ3) is 2.66. The van der Waals surface area contributed by atoms with Crippen LogP contribution in [0.25, 0.3) is 11.1 Å². The van der Waals surface area contributed by atoms with Crippen LogP contribution in [-0.2, 0) is 0 Å². The van der Waals surface area contributed by atoms with Gasteiger partial charge in [0.15, 0.2) is 0 Å². The predicted octanol–water partition coefficient (Wildman–Crippen LogP) is 6.44. The van der Waals surface area contributed by atoms with E-state index in [1.165, 1.54) is 5.56 Å². The van der Waals surface area contributed by atoms with Crippen molar-refractivity contribution in [2.75, 3.05) is 0 Å². The lowest BCUT2D eigenvalue weighted by Gasteiger charge is -2.15. The molecule has 2 rings (SSSR count). The Labute approximate surface area is 122 Å². The van der Waals surface area contributed by atoms with E-state index >= 15 is 0 Å². The van der Waals surface area contributed by atoms with Crippen molar-refractivity contribution in [3.05, 3.63) is 57.0 Å². The van der Waals surface area contributed by atoms with E-state index < -0.39 is 0 Å². The number of halogens is 3. The van der Waals surface area contributed by atoms with E-state index in [-0.39, 0.29) is 0 Å². The van der Waals surface area contributed by atoms with Gasteiger partial charge in [-0.25, -0.2) is 0 Å². The maximum Gasteiger partial charge on any atom is 0.0499 e. The van der Waals surface area contributed by atoms with Crippen molar-refractivity contribution < 1.29 is 0 Å². The first kappa shape index (κ1) is 13.7. The fraction of sp³-hybridized carbons (Fsp3) is 0.200. The van der Waals surface area contributed by atoms with Crippen molar-refractivity contribution in [2.24, 2.45) is 0 Å². The fourth-order valence-corrected chi connectivity index (χ4v) is 2.78. The standard InChI is InChI=1S/C15H13Cl3/c1-9(2)11-4-3-5-13(17)15(11)12-7-6-10(16)8-14(12)18/h3-9H,1-2H3. The molecule has 0 amide bonds. The number of benzene rings is 2.